The molecular formula is C21H17N7OS. The zero-order valence-corrected chi connectivity index (χ0v) is 16.8. The summed E-state index contributed by atoms with van der Waals surface area (Å²) in [4.78, 5) is 31.7. The molecule has 5 rings (SSSR count). The Balaban J connectivity index is 1.57. The fraction of sp³-hybridized carbons (Fsp3) is 0.143. The van der Waals surface area contributed by atoms with Crippen molar-refractivity contribution in [2.24, 2.45) is 10.9 Å². The number of thiophene rings is 1. The Kier molecular flexibility index (Phi) is 4.64. The first kappa shape index (κ1) is 18.3. The summed E-state index contributed by atoms with van der Waals surface area (Å²) in [5.74, 6) is 0.325. The molecule has 4 aromatic heterocycles. The van der Waals surface area contributed by atoms with Gasteiger partial charge in [0.2, 0.25) is 11.9 Å². The van der Waals surface area contributed by atoms with E-state index < -0.39 is 5.92 Å². The predicted molar refractivity (Wildman–Crippen MR) is 115 cm³/mol. The average Bonchev–Trinajstić information content (AvgIpc) is 3.44. The number of anilines is 1. The number of nitrogens with zero attached hydrogens (tertiary/aromatic N) is 6. The summed E-state index contributed by atoms with van der Waals surface area (Å²) in [6.45, 7) is 1.86. The number of rotatable bonds is 4. The van der Waals surface area contributed by atoms with Gasteiger partial charge in [0.25, 0.3) is 0 Å². The van der Waals surface area contributed by atoms with Gasteiger partial charge >= 0.3 is 0 Å². The van der Waals surface area contributed by atoms with E-state index in [0.29, 0.717) is 23.2 Å². The van der Waals surface area contributed by atoms with Gasteiger partial charge < -0.3 is 5.32 Å². The van der Waals surface area contributed by atoms with E-state index in [1.165, 1.54) is 0 Å². The highest BCUT2D eigenvalue weighted by atomic mass is 32.1. The lowest BCUT2D eigenvalue weighted by molar-refractivity contribution is -0.118. The maximum absolute atomic E-state index is 13.3. The van der Waals surface area contributed by atoms with Crippen LogP contribution >= 0.6 is 11.3 Å². The van der Waals surface area contributed by atoms with Crippen LogP contribution in [0.3, 0.4) is 0 Å². The van der Waals surface area contributed by atoms with Crippen molar-refractivity contribution in [2.75, 3.05) is 5.32 Å². The van der Waals surface area contributed by atoms with Crippen LogP contribution in [0.5, 0.6) is 0 Å². The molecule has 0 spiro atoms. The van der Waals surface area contributed by atoms with Crippen LogP contribution in [0.1, 0.15) is 17.8 Å². The van der Waals surface area contributed by atoms with Crippen molar-refractivity contribution in [3.8, 4) is 11.4 Å². The summed E-state index contributed by atoms with van der Waals surface area (Å²) in [7, 11) is 0. The number of aromatic nitrogens is 5. The molecule has 0 radical (unpaired) electrons. The third-order valence-corrected chi connectivity index (χ3v) is 5.83. The van der Waals surface area contributed by atoms with E-state index in [2.05, 4.69) is 25.3 Å². The van der Waals surface area contributed by atoms with E-state index in [1.54, 1.807) is 46.9 Å². The number of pyridine rings is 2. The molecule has 30 heavy (non-hydrogen) atoms. The minimum Gasteiger partial charge on any atom is -0.324 e. The van der Waals surface area contributed by atoms with Gasteiger partial charge in [0.1, 0.15) is 12.0 Å². The summed E-state index contributed by atoms with van der Waals surface area (Å²) < 4.78 is 1.74. The lowest BCUT2D eigenvalue weighted by Crippen LogP contribution is -2.38. The molecule has 1 N–H and O–H groups in total. The molecule has 1 aliphatic rings. The molecule has 9 heteroatoms. The highest BCUT2D eigenvalue weighted by Crippen LogP contribution is 2.38. The topological polar surface area (TPSA) is 98.0 Å². The second-order valence-electron chi connectivity index (χ2n) is 6.84. The van der Waals surface area contributed by atoms with E-state index in [4.69, 9.17) is 5.10 Å². The zero-order valence-electron chi connectivity index (χ0n) is 16.0. The minimum absolute atomic E-state index is 0.160. The van der Waals surface area contributed by atoms with Crippen LogP contribution in [-0.2, 0) is 4.79 Å². The standard InChI is InChI=1S/C21H17N7OS/c1-13-17(20(29)25-15-6-3-9-23-12-15)18(16-7-4-10-30-16)28-21(24-13)26-19(27-28)14-5-2-8-22-11-14/h2-12,17-18H,1H3,(H,25,29). The number of carbonyl (C=O) groups excluding carboxylic acids is 1. The lowest BCUT2D eigenvalue weighted by Gasteiger charge is -2.29. The normalized spacial score (nSPS) is 17.8. The molecule has 4 aromatic rings. The SMILES string of the molecule is CC1=Nc2nc(-c3cccnc3)nn2C(c2cccs2)C1C(=O)Nc1cccnc1. The van der Waals surface area contributed by atoms with Gasteiger partial charge in [-0.05, 0) is 42.6 Å². The summed E-state index contributed by atoms with van der Waals surface area (Å²) in [6, 6.07) is 11.0. The minimum atomic E-state index is -0.528. The molecule has 0 aliphatic carbocycles. The Hall–Kier alpha value is -3.72. The molecule has 0 fully saturated rings. The van der Waals surface area contributed by atoms with Gasteiger partial charge in [0, 0.05) is 34.7 Å². The van der Waals surface area contributed by atoms with E-state index in [1.807, 2.05) is 42.6 Å². The van der Waals surface area contributed by atoms with Gasteiger partial charge in [0.05, 0.1) is 11.9 Å². The van der Waals surface area contributed by atoms with Crippen LogP contribution in [0, 0.1) is 5.92 Å². The van der Waals surface area contributed by atoms with Crippen molar-refractivity contribution in [1.82, 2.24) is 24.7 Å². The third-order valence-electron chi connectivity index (χ3n) is 4.88. The first-order chi connectivity index (χ1) is 14.7. The van der Waals surface area contributed by atoms with Crippen LogP contribution in [-0.4, -0.2) is 36.4 Å². The van der Waals surface area contributed by atoms with Crippen molar-refractivity contribution >= 4 is 34.6 Å². The fourth-order valence-electron chi connectivity index (χ4n) is 3.53. The Labute approximate surface area is 176 Å². The molecule has 0 bridgehead atoms. The molecule has 148 valence electrons. The number of aliphatic imine (C=N–C) groups is 1. The first-order valence-electron chi connectivity index (χ1n) is 9.37. The molecule has 0 saturated carbocycles. The maximum Gasteiger partial charge on any atom is 0.248 e. The molecule has 2 unspecified atom stereocenters. The van der Waals surface area contributed by atoms with Crippen molar-refractivity contribution in [1.29, 1.82) is 0 Å². The van der Waals surface area contributed by atoms with Gasteiger partial charge in [-0.15, -0.1) is 16.4 Å². The molecule has 5 heterocycles. The number of hydrogen-bond donors (Lipinski definition) is 1. The lowest BCUT2D eigenvalue weighted by atomic mass is 9.91. The molecule has 1 amide bonds. The van der Waals surface area contributed by atoms with E-state index in [9.17, 15) is 4.79 Å². The van der Waals surface area contributed by atoms with Crippen LogP contribution < -0.4 is 5.32 Å². The molecule has 8 nitrogen and oxygen atoms in total. The highest BCUT2D eigenvalue weighted by molar-refractivity contribution is 7.10. The van der Waals surface area contributed by atoms with E-state index in [-0.39, 0.29) is 11.9 Å². The fourth-order valence-corrected chi connectivity index (χ4v) is 4.37. The quantitative estimate of drug-likeness (QED) is 0.547. The zero-order chi connectivity index (χ0) is 20.5. The van der Waals surface area contributed by atoms with Gasteiger partial charge in [-0.1, -0.05) is 6.07 Å². The van der Waals surface area contributed by atoms with E-state index in [0.717, 1.165) is 10.4 Å². The number of nitrogens with one attached hydrogen (secondary N) is 1. The monoisotopic (exact) mass is 415 g/mol. The summed E-state index contributed by atoms with van der Waals surface area (Å²) >= 11 is 1.58. The van der Waals surface area contributed by atoms with Crippen molar-refractivity contribution in [3.63, 3.8) is 0 Å². The van der Waals surface area contributed by atoms with Crippen LogP contribution in [0.15, 0.2) is 71.6 Å². The summed E-state index contributed by atoms with van der Waals surface area (Å²) in [5.41, 5.74) is 2.13. The largest absolute Gasteiger partial charge is 0.324 e. The van der Waals surface area contributed by atoms with Gasteiger partial charge in [-0.2, -0.15) is 4.98 Å². The molecule has 2 atom stereocenters. The van der Waals surface area contributed by atoms with Crippen molar-refractivity contribution < 1.29 is 4.79 Å². The highest BCUT2D eigenvalue weighted by Gasteiger charge is 2.40. The van der Waals surface area contributed by atoms with Crippen molar-refractivity contribution in [3.05, 3.63) is 71.4 Å². The Morgan fingerprint density at radius 3 is 2.63 bits per heavy atom. The van der Waals surface area contributed by atoms with Crippen LogP contribution in [0.2, 0.25) is 0 Å². The van der Waals surface area contributed by atoms with E-state index >= 15 is 0 Å². The number of hydrogen-bond acceptors (Lipinski definition) is 7. The van der Waals surface area contributed by atoms with Gasteiger partial charge in [0.15, 0.2) is 5.82 Å². The smallest absolute Gasteiger partial charge is 0.248 e. The molecule has 0 aromatic carbocycles. The average molecular weight is 415 g/mol. The van der Waals surface area contributed by atoms with Crippen molar-refractivity contribution in [2.45, 2.75) is 13.0 Å². The third kappa shape index (κ3) is 3.29. The first-order valence-corrected chi connectivity index (χ1v) is 10.2. The second-order valence-corrected chi connectivity index (χ2v) is 7.82. The molecular weight excluding hydrogens is 398 g/mol. The maximum atomic E-state index is 13.3. The Morgan fingerprint density at radius 1 is 1.10 bits per heavy atom. The second kappa shape index (κ2) is 7.60. The number of amides is 1. The van der Waals surface area contributed by atoms with Gasteiger partial charge in [-0.25, -0.2) is 9.67 Å². The number of carbonyl (C=O) groups is 1. The summed E-state index contributed by atoms with van der Waals surface area (Å²) in [5, 5.41) is 9.65. The predicted octanol–water partition coefficient (Wildman–Crippen LogP) is 3.75. The number of fused-ring (bicyclic) bond motifs is 1. The van der Waals surface area contributed by atoms with Crippen LogP contribution in [0.25, 0.3) is 11.4 Å². The Bertz CT molecular complexity index is 1200. The molecule has 1 aliphatic heterocycles. The summed E-state index contributed by atoms with van der Waals surface area (Å²) in [6.07, 6.45) is 6.70. The molecule has 0 saturated heterocycles. The van der Waals surface area contributed by atoms with Crippen LogP contribution in [0.4, 0.5) is 11.6 Å². The van der Waals surface area contributed by atoms with Gasteiger partial charge in [-0.3, -0.25) is 14.8 Å². The Morgan fingerprint density at radius 2 is 1.93 bits per heavy atom.